The Morgan fingerprint density at radius 2 is 1.50 bits per heavy atom. The number of ketones is 1. The van der Waals surface area contributed by atoms with Crippen LogP contribution in [0.15, 0.2) is 66.8 Å². The summed E-state index contributed by atoms with van der Waals surface area (Å²) in [5.41, 5.74) is 2.78. The first kappa shape index (κ1) is 21.9. The van der Waals surface area contributed by atoms with Crippen LogP contribution in [0.4, 0.5) is 0 Å². The van der Waals surface area contributed by atoms with Gasteiger partial charge in [0, 0.05) is 16.5 Å². The number of halogens is 2. The van der Waals surface area contributed by atoms with Gasteiger partial charge in [-0.2, -0.15) is 0 Å². The Labute approximate surface area is 174 Å². The van der Waals surface area contributed by atoms with Crippen LogP contribution in [0.25, 0.3) is 5.57 Å². The van der Waals surface area contributed by atoms with Gasteiger partial charge in [0.05, 0.1) is 13.2 Å². The average molecular weight is 419 g/mol. The lowest BCUT2D eigenvalue weighted by Gasteiger charge is -2.09. The third-order valence-electron chi connectivity index (χ3n) is 3.91. The van der Waals surface area contributed by atoms with Gasteiger partial charge in [-0.3, -0.25) is 9.59 Å². The number of carbonyl (C=O) groups is 2. The molecule has 6 heteroatoms. The first-order valence-corrected chi connectivity index (χ1v) is 9.31. The molecule has 2 aromatic carbocycles. The Morgan fingerprint density at radius 1 is 1.00 bits per heavy atom. The highest BCUT2D eigenvalue weighted by atomic mass is 35.5. The van der Waals surface area contributed by atoms with Gasteiger partial charge < -0.3 is 9.84 Å². The molecule has 2 rings (SSSR count). The predicted octanol–water partition coefficient (Wildman–Crippen LogP) is 4.86. The minimum absolute atomic E-state index is 0.156. The second-order valence-electron chi connectivity index (χ2n) is 6.04. The highest BCUT2D eigenvalue weighted by Crippen LogP contribution is 2.26. The molecular formula is C22H20Cl2O4. The van der Waals surface area contributed by atoms with Gasteiger partial charge in [0.2, 0.25) is 0 Å². The fourth-order valence-electron chi connectivity index (χ4n) is 2.50. The van der Waals surface area contributed by atoms with E-state index in [1.54, 1.807) is 30.3 Å². The number of Topliss-reactive ketones (excluding diaryl/α,β-unsaturated/α-hetero) is 1. The molecule has 0 heterocycles. The van der Waals surface area contributed by atoms with E-state index >= 15 is 0 Å². The van der Waals surface area contributed by atoms with Gasteiger partial charge in [0.15, 0.2) is 0 Å². The summed E-state index contributed by atoms with van der Waals surface area (Å²) in [7, 11) is 1.21. The van der Waals surface area contributed by atoms with E-state index in [0.717, 1.165) is 16.7 Å². The molecule has 1 N–H and O–H groups in total. The molecule has 0 radical (unpaired) electrons. The van der Waals surface area contributed by atoms with E-state index in [-0.39, 0.29) is 18.6 Å². The predicted molar refractivity (Wildman–Crippen MR) is 111 cm³/mol. The SMILES string of the molecule is COC(=O)CC(=O)CC(O)C=CC=C(c1ccc(Cl)cc1)c1ccc(Cl)cc1. The topological polar surface area (TPSA) is 63.6 Å². The third kappa shape index (κ3) is 6.97. The standard InChI is InChI=1S/C22H20Cl2O4/c1-28-22(27)14-20(26)13-19(25)3-2-4-21(15-5-9-17(23)10-6-15)16-7-11-18(24)12-8-16/h2-12,19,25H,13-14H2,1H3. The van der Waals surface area contributed by atoms with Crippen molar-refractivity contribution in [3.63, 3.8) is 0 Å². The molecule has 0 spiro atoms. The van der Waals surface area contributed by atoms with Gasteiger partial charge in [0.1, 0.15) is 12.2 Å². The number of hydrogen-bond donors (Lipinski definition) is 1. The summed E-state index contributed by atoms with van der Waals surface area (Å²) < 4.78 is 4.44. The molecule has 28 heavy (non-hydrogen) atoms. The van der Waals surface area contributed by atoms with Crippen LogP contribution in [0, 0.1) is 0 Å². The van der Waals surface area contributed by atoms with Crippen molar-refractivity contribution < 1.29 is 19.4 Å². The number of methoxy groups -OCH3 is 1. The Hall–Kier alpha value is -2.40. The molecule has 0 fully saturated rings. The lowest BCUT2D eigenvalue weighted by atomic mass is 9.97. The van der Waals surface area contributed by atoms with Crippen LogP contribution in [0.2, 0.25) is 10.0 Å². The van der Waals surface area contributed by atoms with E-state index in [1.807, 2.05) is 30.3 Å². The minimum Gasteiger partial charge on any atom is -0.469 e. The molecule has 0 bridgehead atoms. The van der Waals surface area contributed by atoms with Crippen LogP contribution in [-0.4, -0.2) is 30.1 Å². The first-order valence-electron chi connectivity index (χ1n) is 8.56. The molecule has 2 aromatic rings. The van der Waals surface area contributed by atoms with Crippen molar-refractivity contribution >= 4 is 40.5 Å². The van der Waals surface area contributed by atoms with Crippen LogP contribution < -0.4 is 0 Å². The maximum Gasteiger partial charge on any atom is 0.313 e. The zero-order chi connectivity index (χ0) is 20.5. The molecule has 0 aliphatic carbocycles. The maximum absolute atomic E-state index is 11.7. The second-order valence-corrected chi connectivity index (χ2v) is 6.91. The highest BCUT2D eigenvalue weighted by Gasteiger charge is 2.13. The molecule has 1 unspecified atom stereocenters. The zero-order valence-electron chi connectivity index (χ0n) is 15.3. The molecule has 0 aliphatic heterocycles. The molecule has 0 aromatic heterocycles. The summed E-state index contributed by atoms with van der Waals surface area (Å²) in [4.78, 5) is 22.8. The monoisotopic (exact) mass is 418 g/mol. The number of esters is 1. The summed E-state index contributed by atoms with van der Waals surface area (Å²) in [6.45, 7) is 0. The maximum atomic E-state index is 11.7. The Kier molecular flexibility index (Phi) is 8.45. The summed E-state index contributed by atoms with van der Waals surface area (Å²) in [6.07, 6.45) is 3.51. The first-order chi connectivity index (χ1) is 13.4. The van der Waals surface area contributed by atoms with Gasteiger partial charge in [-0.15, -0.1) is 0 Å². The molecule has 0 saturated heterocycles. The Morgan fingerprint density at radius 3 is 1.96 bits per heavy atom. The van der Waals surface area contributed by atoms with Gasteiger partial charge in [0.25, 0.3) is 0 Å². The van der Waals surface area contributed by atoms with Crippen LogP contribution in [0.5, 0.6) is 0 Å². The summed E-state index contributed by atoms with van der Waals surface area (Å²) in [5, 5.41) is 11.3. The van der Waals surface area contributed by atoms with Crippen molar-refractivity contribution in [3.05, 3.63) is 87.9 Å². The number of aliphatic hydroxyl groups is 1. The highest BCUT2D eigenvalue weighted by molar-refractivity contribution is 6.31. The van der Waals surface area contributed by atoms with E-state index in [9.17, 15) is 14.7 Å². The van der Waals surface area contributed by atoms with Crippen LogP contribution >= 0.6 is 23.2 Å². The number of benzene rings is 2. The molecule has 0 aliphatic rings. The van der Waals surface area contributed by atoms with Gasteiger partial charge in [-0.05, 0) is 41.0 Å². The normalized spacial score (nSPS) is 11.9. The van der Waals surface area contributed by atoms with E-state index in [2.05, 4.69) is 4.74 Å². The van der Waals surface area contributed by atoms with Crippen molar-refractivity contribution in [1.29, 1.82) is 0 Å². The molecule has 0 amide bonds. The summed E-state index contributed by atoms with van der Waals surface area (Å²) in [6, 6.07) is 14.8. The van der Waals surface area contributed by atoms with Crippen molar-refractivity contribution in [2.24, 2.45) is 0 Å². The van der Waals surface area contributed by atoms with Gasteiger partial charge in [-0.1, -0.05) is 65.7 Å². The lowest BCUT2D eigenvalue weighted by molar-refractivity contribution is -0.143. The quantitative estimate of drug-likeness (QED) is 0.377. The largest absolute Gasteiger partial charge is 0.469 e. The zero-order valence-corrected chi connectivity index (χ0v) is 16.8. The molecular weight excluding hydrogens is 399 g/mol. The molecule has 146 valence electrons. The van der Waals surface area contributed by atoms with Crippen molar-refractivity contribution in [1.82, 2.24) is 0 Å². The van der Waals surface area contributed by atoms with Crippen LogP contribution in [0.3, 0.4) is 0 Å². The summed E-state index contributed by atoms with van der Waals surface area (Å²) >= 11 is 12.0. The third-order valence-corrected chi connectivity index (χ3v) is 4.42. The number of hydrogen-bond acceptors (Lipinski definition) is 4. The van der Waals surface area contributed by atoms with E-state index in [0.29, 0.717) is 10.0 Å². The fraction of sp³-hybridized carbons (Fsp3) is 0.182. The van der Waals surface area contributed by atoms with E-state index in [1.165, 1.54) is 13.2 Å². The minimum atomic E-state index is -0.995. The van der Waals surface area contributed by atoms with Crippen LogP contribution in [-0.2, 0) is 14.3 Å². The number of ether oxygens (including phenoxy) is 1. The van der Waals surface area contributed by atoms with Gasteiger partial charge in [-0.25, -0.2) is 0 Å². The van der Waals surface area contributed by atoms with Crippen LogP contribution in [0.1, 0.15) is 24.0 Å². The molecule has 0 saturated carbocycles. The lowest BCUT2D eigenvalue weighted by Crippen LogP contribution is -2.15. The number of rotatable bonds is 8. The van der Waals surface area contributed by atoms with E-state index in [4.69, 9.17) is 23.2 Å². The average Bonchev–Trinajstić information content (AvgIpc) is 2.67. The number of aliphatic hydroxyl groups excluding tert-OH is 1. The van der Waals surface area contributed by atoms with Crippen molar-refractivity contribution in [2.75, 3.05) is 7.11 Å². The Balaban J connectivity index is 2.18. The molecule has 4 nitrogen and oxygen atoms in total. The summed E-state index contributed by atoms with van der Waals surface area (Å²) in [5.74, 6) is -1.00. The van der Waals surface area contributed by atoms with Crippen molar-refractivity contribution in [2.45, 2.75) is 18.9 Å². The van der Waals surface area contributed by atoms with Gasteiger partial charge >= 0.3 is 5.97 Å². The Bertz CT molecular complexity index is 821. The fourth-order valence-corrected chi connectivity index (χ4v) is 2.76. The molecule has 1 atom stereocenters. The van der Waals surface area contributed by atoms with Crippen molar-refractivity contribution in [3.8, 4) is 0 Å². The second kappa shape index (κ2) is 10.8. The number of carbonyl (C=O) groups excluding carboxylic acids is 2. The smallest absolute Gasteiger partial charge is 0.313 e. The van der Waals surface area contributed by atoms with E-state index < -0.39 is 12.1 Å². The number of allylic oxidation sites excluding steroid dienone is 2.